The summed E-state index contributed by atoms with van der Waals surface area (Å²) in [6, 6.07) is -0.0516. The molecule has 20 heavy (non-hydrogen) atoms. The van der Waals surface area contributed by atoms with Crippen molar-refractivity contribution in [3.8, 4) is 0 Å². The summed E-state index contributed by atoms with van der Waals surface area (Å²) in [5, 5.41) is 0. The predicted molar refractivity (Wildman–Crippen MR) is 76.7 cm³/mol. The number of nitrogens with two attached hydrogens (primary N) is 1. The van der Waals surface area contributed by atoms with Crippen LogP contribution in [0.2, 0.25) is 0 Å². The van der Waals surface area contributed by atoms with Gasteiger partial charge >= 0.3 is 0 Å². The molecule has 0 bridgehead atoms. The number of rotatable bonds is 7. The Morgan fingerprint density at radius 2 is 1.80 bits per heavy atom. The van der Waals surface area contributed by atoms with E-state index in [-0.39, 0.29) is 24.3 Å². The van der Waals surface area contributed by atoms with Crippen LogP contribution in [0.4, 0.5) is 0 Å². The van der Waals surface area contributed by atoms with Gasteiger partial charge in [0, 0.05) is 6.04 Å². The fraction of sp³-hybridized carbons (Fsp3) is 0.846. The summed E-state index contributed by atoms with van der Waals surface area (Å²) in [5.74, 6) is -1.69. The molecule has 0 spiro atoms. The van der Waals surface area contributed by atoms with Crippen molar-refractivity contribution in [2.45, 2.75) is 45.6 Å². The van der Waals surface area contributed by atoms with E-state index >= 15 is 0 Å². The average Bonchev–Trinajstić information content (AvgIpc) is 2.75. The third-order valence-corrected chi connectivity index (χ3v) is 5.20. The first-order valence-corrected chi connectivity index (χ1v) is 8.81. The maximum absolute atomic E-state index is 12.2. The van der Waals surface area contributed by atoms with E-state index in [1.165, 1.54) is 4.90 Å². The Hall–Kier alpha value is -1.11. The van der Waals surface area contributed by atoms with E-state index in [0.29, 0.717) is 0 Å². The van der Waals surface area contributed by atoms with Crippen LogP contribution in [-0.2, 0) is 19.4 Å². The van der Waals surface area contributed by atoms with Gasteiger partial charge in [0.25, 0.3) is 0 Å². The molecule has 1 fully saturated rings. The smallest absolute Gasteiger partial charge is 0.238 e. The summed E-state index contributed by atoms with van der Waals surface area (Å²) in [7, 11) is -3.43. The second kappa shape index (κ2) is 7.06. The molecule has 116 valence electrons. The number of hydrogen-bond donors (Lipinski definition) is 1. The number of sulfone groups is 1. The molecule has 6 nitrogen and oxygen atoms in total. The van der Waals surface area contributed by atoms with Crippen LogP contribution in [-0.4, -0.2) is 49.2 Å². The number of carbonyl (C=O) groups excluding carboxylic acids is 2. The highest BCUT2D eigenvalue weighted by molar-refractivity contribution is 7.92. The van der Waals surface area contributed by atoms with E-state index in [2.05, 4.69) is 0 Å². The van der Waals surface area contributed by atoms with Gasteiger partial charge in [-0.3, -0.25) is 9.59 Å². The molecule has 0 aliphatic heterocycles. The molecule has 2 N–H and O–H groups in total. The Morgan fingerprint density at radius 1 is 1.25 bits per heavy atom. The third kappa shape index (κ3) is 5.48. The molecule has 0 aromatic heterocycles. The molecule has 1 saturated carbocycles. The molecule has 1 aliphatic carbocycles. The van der Waals surface area contributed by atoms with Gasteiger partial charge in [0.2, 0.25) is 11.8 Å². The van der Waals surface area contributed by atoms with Crippen molar-refractivity contribution >= 4 is 21.7 Å². The lowest BCUT2D eigenvalue weighted by Crippen LogP contribution is -2.46. The van der Waals surface area contributed by atoms with Gasteiger partial charge in [-0.25, -0.2) is 8.42 Å². The van der Waals surface area contributed by atoms with E-state index in [9.17, 15) is 18.0 Å². The van der Waals surface area contributed by atoms with Crippen molar-refractivity contribution in [2.75, 3.05) is 18.1 Å². The van der Waals surface area contributed by atoms with Crippen LogP contribution >= 0.6 is 0 Å². The zero-order valence-electron chi connectivity index (χ0n) is 12.2. The Labute approximate surface area is 120 Å². The predicted octanol–water partition coefficient (Wildman–Crippen LogP) is 0.314. The monoisotopic (exact) mass is 304 g/mol. The maximum Gasteiger partial charge on any atom is 0.238 e. The molecule has 0 aromatic rings. The quantitative estimate of drug-likeness (QED) is 0.732. The summed E-state index contributed by atoms with van der Waals surface area (Å²) in [6.45, 7) is 3.39. The zero-order chi connectivity index (χ0) is 15.3. The van der Waals surface area contributed by atoms with E-state index < -0.39 is 27.4 Å². The number of hydrogen-bond acceptors (Lipinski definition) is 4. The second-order valence-electron chi connectivity index (χ2n) is 5.87. The highest BCUT2D eigenvalue weighted by Gasteiger charge is 2.30. The molecule has 0 radical (unpaired) electrons. The minimum absolute atomic E-state index is 0.0200. The lowest BCUT2D eigenvalue weighted by atomic mass is 10.2. The molecule has 1 aliphatic rings. The van der Waals surface area contributed by atoms with Crippen LogP contribution in [0.25, 0.3) is 0 Å². The molecule has 0 unspecified atom stereocenters. The van der Waals surface area contributed by atoms with Gasteiger partial charge in [-0.2, -0.15) is 0 Å². The molecular formula is C13H24N2O4S. The third-order valence-electron chi connectivity index (χ3n) is 3.34. The summed E-state index contributed by atoms with van der Waals surface area (Å²) in [4.78, 5) is 24.6. The van der Waals surface area contributed by atoms with Gasteiger partial charge in [-0.1, -0.05) is 26.7 Å². The largest absolute Gasteiger partial charge is 0.368 e. The Kier molecular flexibility index (Phi) is 5.98. The van der Waals surface area contributed by atoms with Crippen LogP contribution in [0.1, 0.15) is 39.5 Å². The van der Waals surface area contributed by atoms with Crippen molar-refractivity contribution in [1.29, 1.82) is 0 Å². The lowest BCUT2D eigenvalue weighted by molar-refractivity contribution is -0.135. The van der Waals surface area contributed by atoms with Crippen LogP contribution in [0.5, 0.6) is 0 Å². The highest BCUT2D eigenvalue weighted by Crippen LogP contribution is 2.23. The van der Waals surface area contributed by atoms with E-state index in [1.807, 2.05) is 0 Å². The van der Waals surface area contributed by atoms with Crippen molar-refractivity contribution in [3.63, 3.8) is 0 Å². The fourth-order valence-electron chi connectivity index (χ4n) is 2.64. The minimum Gasteiger partial charge on any atom is -0.368 e. The summed E-state index contributed by atoms with van der Waals surface area (Å²) < 4.78 is 23.8. The van der Waals surface area contributed by atoms with Crippen molar-refractivity contribution in [2.24, 2.45) is 11.7 Å². The van der Waals surface area contributed by atoms with Crippen molar-refractivity contribution in [3.05, 3.63) is 0 Å². The number of nitrogens with zero attached hydrogens (tertiary/aromatic N) is 1. The molecule has 0 atom stereocenters. The Morgan fingerprint density at radius 3 is 2.25 bits per heavy atom. The average molecular weight is 304 g/mol. The van der Waals surface area contributed by atoms with E-state index in [1.54, 1.807) is 13.8 Å². The van der Waals surface area contributed by atoms with Crippen LogP contribution in [0.3, 0.4) is 0 Å². The second-order valence-corrected chi connectivity index (χ2v) is 7.98. The molecular weight excluding hydrogens is 280 g/mol. The van der Waals surface area contributed by atoms with Crippen molar-refractivity contribution in [1.82, 2.24) is 4.90 Å². The van der Waals surface area contributed by atoms with Gasteiger partial charge < -0.3 is 10.6 Å². The standard InChI is InChI=1S/C13H24N2O4S/c1-10(2)8-20(18,19)9-13(17)15(7-12(14)16)11-5-3-4-6-11/h10-11H,3-9H2,1-2H3,(H2,14,16). The first kappa shape index (κ1) is 16.9. The van der Waals surface area contributed by atoms with Gasteiger partial charge in [0.15, 0.2) is 9.84 Å². The first-order chi connectivity index (χ1) is 9.21. The number of primary amides is 1. The summed E-state index contributed by atoms with van der Waals surface area (Å²) in [6.07, 6.45) is 3.60. The van der Waals surface area contributed by atoms with Crippen LogP contribution in [0, 0.1) is 5.92 Å². The molecule has 0 saturated heterocycles. The maximum atomic E-state index is 12.2. The van der Waals surface area contributed by atoms with Crippen LogP contribution < -0.4 is 5.73 Å². The Bertz CT molecular complexity index is 453. The van der Waals surface area contributed by atoms with E-state index in [0.717, 1.165) is 25.7 Å². The van der Waals surface area contributed by atoms with Gasteiger partial charge in [-0.15, -0.1) is 0 Å². The Balaban J connectivity index is 2.75. The molecule has 7 heteroatoms. The molecule has 0 aromatic carbocycles. The normalized spacial score (nSPS) is 16.6. The van der Waals surface area contributed by atoms with E-state index in [4.69, 9.17) is 5.73 Å². The molecule has 2 amide bonds. The van der Waals surface area contributed by atoms with Crippen LogP contribution in [0.15, 0.2) is 0 Å². The molecule has 0 heterocycles. The first-order valence-electron chi connectivity index (χ1n) is 6.99. The topological polar surface area (TPSA) is 97.5 Å². The van der Waals surface area contributed by atoms with Gasteiger partial charge in [0.1, 0.15) is 5.75 Å². The number of amides is 2. The lowest BCUT2D eigenvalue weighted by Gasteiger charge is -2.27. The highest BCUT2D eigenvalue weighted by atomic mass is 32.2. The SMILES string of the molecule is CC(C)CS(=O)(=O)CC(=O)N(CC(N)=O)C1CCCC1. The fourth-order valence-corrected chi connectivity index (χ4v) is 4.32. The van der Waals surface area contributed by atoms with Gasteiger partial charge in [-0.05, 0) is 18.8 Å². The van der Waals surface area contributed by atoms with Crippen molar-refractivity contribution < 1.29 is 18.0 Å². The number of carbonyl (C=O) groups is 2. The summed E-state index contributed by atoms with van der Waals surface area (Å²) >= 11 is 0. The molecule has 1 rings (SSSR count). The zero-order valence-corrected chi connectivity index (χ0v) is 13.0. The minimum atomic E-state index is -3.43. The van der Waals surface area contributed by atoms with Gasteiger partial charge in [0.05, 0.1) is 12.3 Å². The summed E-state index contributed by atoms with van der Waals surface area (Å²) in [5.41, 5.74) is 5.16.